The van der Waals surface area contributed by atoms with Crippen LogP contribution in [0.15, 0.2) is 48.8 Å². The van der Waals surface area contributed by atoms with Crippen molar-refractivity contribution >= 4 is 6.03 Å². The molecule has 6 heteroatoms. The van der Waals surface area contributed by atoms with Crippen LogP contribution in [-0.4, -0.2) is 53.6 Å². The van der Waals surface area contributed by atoms with E-state index in [0.717, 1.165) is 49.4 Å². The molecule has 2 amide bonds. The van der Waals surface area contributed by atoms with E-state index < -0.39 is 0 Å². The zero-order valence-corrected chi connectivity index (χ0v) is 16.8. The molecule has 2 heterocycles. The molecule has 1 aliphatic rings. The van der Waals surface area contributed by atoms with E-state index in [9.17, 15) is 4.79 Å². The summed E-state index contributed by atoms with van der Waals surface area (Å²) in [5.74, 6) is 0.793. The van der Waals surface area contributed by atoms with Crippen LogP contribution >= 0.6 is 0 Å². The van der Waals surface area contributed by atoms with Gasteiger partial charge in [0, 0.05) is 37.1 Å². The SMILES string of the molecule is CCN1CCCC(NC(=O)N(Cc2cccnc2)Cc2ccccc2OC)C1. The molecule has 1 aromatic heterocycles. The van der Waals surface area contributed by atoms with Gasteiger partial charge >= 0.3 is 6.03 Å². The lowest BCUT2D eigenvalue weighted by Crippen LogP contribution is -2.51. The number of para-hydroxylation sites is 1. The molecule has 1 unspecified atom stereocenters. The number of piperidine rings is 1. The number of amides is 2. The summed E-state index contributed by atoms with van der Waals surface area (Å²) in [6.07, 6.45) is 5.70. The second-order valence-electron chi connectivity index (χ2n) is 7.21. The van der Waals surface area contributed by atoms with Crippen LogP contribution in [-0.2, 0) is 13.1 Å². The van der Waals surface area contributed by atoms with Gasteiger partial charge in [-0.3, -0.25) is 4.98 Å². The van der Waals surface area contributed by atoms with Gasteiger partial charge < -0.3 is 19.9 Å². The number of hydrogen-bond acceptors (Lipinski definition) is 4. The Balaban J connectivity index is 1.74. The first-order valence-electron chi connectivity index (χ1n) is 9.98. The first-order chi connectivity index (χ1) is 13.7. The zero-order chi connectivity index (χ0) is 19.8. The number of aromatic nitrogens is 1. The topological polar surface area (TPSA) is 57.7 Å². The molecule has 3 rings (SSSR count). The van der Waals surface area contributed by atoms with Gasteiger partial charge in [0.2, 0.25) is 0 Å². The molecule has 0 saturated carbocycles. The lowest BCUT2D eigenvalue weighted by molar-refractivity contribution is 0.166. The van der Waals surface area contributed by atoms with Crippen LogP contribution in [0.2, 0.25) is 0 Å². The normalized spacial score (nSPS) is 17.1. The third-order valence-electron chi connectivity index (χ3n) is 5.22. The summed E-state index contributed by atoms with van der Waals surface area (Å²) in [4.78, 5) is 21.6. The minimum absolute atomic E-state index is 0.0438. The number of nitrogens with zero attached hydrogens (tertiary/aromatic N) is 3. The molecule has 2 aromatic rings. The van der Waals surface area contributed by atoms with Crippen molar-refractivity contribution in [2.45, 2.75) is 38.9 Å². The fourth-order valence-electron chi connectivity index (χ4n) is 3.68. The lowest BCUT2D eigenvalue weighted by Gasteiger charge is -2.34. The van der Waals surface area contributed by atoms with Gasteiger partial charge in [0.1, 0.15) is 5.75 Å². The molecule has 0 bridgehead atoms. The Morgan fingerprint density at radius 2 is 2.14 bits per heavy atom. The molecule has 1 N–H and O–H groups in total. The number of urea groups is 1. The highest BCUT2D eigenvalue weighted by Gasteiger charge is 2.23. The maximum atomic E-state index is 13.1. The molecule has 1 fully saturated rings. The molecular formula is C22H30N4O2. The predicted octanol–water partition coefficient (Wildman–Crippen LogP) is 3.29. The third-order valence-corrected chi connectivity index (χ3v) is 5.22. The van der Waals surface area contributed by atoms with E-state index in [1.807, 2.05) is 47.5 Å². The van der Waals surface area contributed by atoms with Crippen molar-refractivity contribution in [1.29, 1.82) is 0 Å². The summed E-state index contributed by atoms with van der Waals surface area (Å²) in [5, 5.41) is 3.25. The van der Waals surface area contributed by atoms with Crippen LogP contribution in [0.1, 0.15) is 30.9 Å². The Labute approximate surface area is 167 Å². The second kappa shape index (κ2) is 10.1. The largest absolute Gasteiger partial charge is 0.496 e. The van der Waals surface area contributed by atoms with E-state index >= 15 is 0 Å². The quantitative estimate of drug-likeness (QED) is 0.798. The Bertz CT molecular complexity index is 753. The van der Waals surface area contributed by atoms with Crippen molar-refractivity contribution < 1.29 is 9.53 Å². The van der Waals surface area contributed by atoms with Crippen molar-refractivity contribution in [2.24, 2.45) is 0 Å². The van der Waals surface area contributed by atoms with E-state index in [1.54, 1.807) is 13.3 Å². The summed E-state index contributed by atoms with van der Waals surface area (Å²) in [6, 6.07) is 11.9. The van der Waals surface area contributed by atoms with E-state index in [-0.39, 0.29) is 12.1 Å². The first-order valence-corrected chi connectivity index (χ1v) is 9.98. The van der Waals surface area contributed by atoms with Gasteiger partial charge in [-0.15, -0.1) is 0 Å². The van der Waals surface area contributed by atoms with E-state index in [2.05, 4.69) is 22.1 Å². The van der Waals surface area contributed by atoms with Gasteiger partial charge in [-0.05, 0) is 43.6 Å². The van der Waals surface area contributed by atoms with Gasteiger partial charge in [-0.25, -0.2) is 4.79 Å². The average Bonchev–Trinajstić information content (AvgIpc) is 2.74. The summed E-state index contributed by atoms with van der Waals surface area (Å²) in [6.45, 7) is 6.20. The van der Waals surface area contributed by atoms with E-state index in [1.165, 1.54) is 0 Å². The van der Waals surface area contributed by atoms with Gasteiger partial charge in [-0.1, -0.05) is 31.2 Å². The first kappa shape index (κ1) is 20.1. The van der Waals surface area contributed by atoms with E-state index in [4.69, 9.17) is 4.74 Å². The fraction of sp³-hybridized carbons (Fsp3) is 0.455. The molecule has 28 heavy (non-hydrogen) atoms. The van der Waals surface area contributed by atoms with Crippen LogP contribution in [0.25, 0.3) is 0 Å². The number of nitrogens with one attached hydrogen (secondary N) is 1. The van der Waals surface area contributed by atoms with Crippen molar-refractivity contribution in [2.75, 3.05) is 26.7 Å². The number of carbonyl (C=O) groups excluding carboxylic acids is 1. The predicted molar refractivity (Wildman–Crippen MR) is 110 cm³/mol. The molecule has 0 aliphatic carbocycles. The van der Waals surface area contributed by atoms with Crippen LogP contribution in [0.4, 0.5) is 4.79 Å². The van der Waals surface area contributed by atoms with Gasteiger partial charge in [0.25, 0.3) is 0 Å². The van der Waals surface area contributed by atoms with Crippen molar-refractivity contribution in [3.63, 3.8) is 0 Å². The fourth-order valence-corrected chi connectivity index (χ4v) is 3.68. The molecule has 0 spiro atoms. The maximum absolute atomic E-state index is 13.1. The number of carbonyl (C=O) groups is 1. The van der Waals surface area contributed by atoms with Crippen LogP contribution in [0.3, 0.4) is 0 Å². The number of likely N-dealkylation sites (tertiary alicyclic amines) is 1. The Morgan fingerprint density at radius 3 is 2.89 bits per heavy atom. The number of benzene rings is 1. The number of likely N-dealkylation sites (N-methyl/N-ethyl adjacent to an activating group) is 1. The number of pyridine rings is 1. The van der Waals surface area contributed by atoms with Crippen LogP contribution in [0, 0.1) is 0 Å². The maximum Gasteiger partial charge on any atom is 0.318 e. The zero-order valence-electron chi connectivity index (χ0n) is 16.8. The molecule has 0 radical (unpaired) electrons. The van der Waals surface area contributed by atoms with Gasteiger partial charge in [0.15, 0.2) is 0 Å². The Hall–Kier alpha value is -2.60. The van der Waals surface area contributed by atoms with Gasteiger partial charge in [0.05, 0.1) is 13.7 Å². The molecule has 1 aromatic carbocycles. The molecule has 150 valence electrons. The summed E-state index contributed by atoms with van der Waals surface area (Å²) < 4.78 is 5.48. The monoisotopic (exact) mass is 382 g/mol. The number of hydrogen-bond donors (Lipinski definition) is 1. The highest BCUT2D eigenvalue weighted by atomic mass is 16.5. The molecule has 1 atom stereocenters. The van der Waals surface area contributed by atoms with Crippen molar-refractivity contribution in [3.8, 4) is 5.75 Å². The van der Waals surface area contributed by atoms with Crippen LogP contribution in [0.5, 0.6) is 5.75 Å². The van der Waals surface area contributed by atoms with Gasteiger partial charge in [-0.2, -0.15) is 0 Å². The lowest BCUT2D eigenvalue weighted by atomic mass is 10.1. The standard InChI is InChI=1S/C22H30N4O2/c1-3-25-13-7-10-20(17-25)24-22(27)26(15-18-8-6-12-23-14-18)16-19-9-4-5-11-21(19)28-2/h4-6,8-9,11-12,14,20H,3,7,10,13,15-17H2,1-2H3,(H,24,27). The summed E-state index contributed by atoms with van der Waals surface area (Å²) in [7, 11) is 1.66. The summed E-state index contributed by atoms with van der Waals surface area (Å²) >= 11 is 0. The number of rotatable bonds is 7. The summed E-state index contributed by atoms with van der Waals surface area (Å²) in [5.41, 5.74) is 1.99. The number of methoxy groups -OCH3 is 1. The molecule has 1 aliphatic heterocycles. The average molecular weight is 383 g/mol. The molecule has 6 nitrogen and oxygen atoms in total. The van der Waals surface area contributed by atoms with Crippen LogP contribution < -0.4 is 10.1 Å². The second-order valence-corrected chi connectivity index (χ2v) is 7.21. The smallest absolute Gasteiger partial charge is 0.318 e. The minimum atomic E-state index is -0.0438. The minimum Gasteiger partial charge on any atom is -0.496 e. The van der Waals surface area contributed by atoms with Crippen molar-refractivity contribution in [3.05, 3.63) is 59.9 Å². The van der Waals surface area contributed by atoms with Crippen molar-refractivity contribution in [1.82, 2.24) is 20.1 Å². The molecule has 1 saturated heterocycles. The highest BCUT2D eigenvalue weighted by Crippen LogP contribution is 2.21. The van der Waals surface area contributed by atoms with E-state index in [0.29, 0.717) is 13.1 Å². The Kier molecular flexibility index (Phi) is 7.25. The highest BCUT2D eigenvalue weighted by molar-refractivity contribution is 5.74. The number of ether oxygens (including phenoxy) is 1. The molecular weight excluding hydrogens is 352 g/mol. The third kappa shape index (κ3) is 5.45. The Morgan fingerprint density at radius 1 is 1.29 bits per heavy atom.